The Labute approximate surface area is 113 Å². The lowest BCUT2D eigenvalue weighted by Gasteiger charge is -2.13. The number of rotatable bonds is 3. The molecule has 4 nitrogen and oxygen atoms in total. The van der Waals surface area contributed by atoms with Gasteiger partial charge in [0.2, 0.25) is 5.95 Å². The molecule has 1 aromatic heterocycles. The molecule has 1 aliphatic rings. The lowest BCUT2D eigenvalue weighted by atomic mass is 10.1. The van der Waals surface area contributed by atoms with Crippen LogP contribution in [0.1, 0.15) is 26.2 Å². The van der Waals surface area contributed by atoms with Crippen LogP contribution in [0.5, 0.6) is 0 Å². The fourth-order valence-electron chi connectivity index (χ4n) is 2.98. The first-order chi connectivity index (χ1) is 9.22. The summed E-state index contributed by atoms with van der Waals surface area (Å²) in [4.78, 5) is 8.59. The lowest BCUT2D eigenvalue weighted by molar-refractivity contribution is 0.537. The fraction of sp³-hybridized carbons (Fsp3) is 0.467. The molecule has 0 amide bonds. The molecule has 2 atom stereocenters. The molecular weight excluding hydrogens is 236 g/mol. The summed E-state index contributed by atoms with van der Waals surface area (Å²) in [5.41, 5.74) is 6.67. The van der Waals surface area contributed by atoms with Gasteiger partial charge in [-0.3, -0.25) is 0 Å². The van der Waals surface area contributed by atoms with Gasteiger partial charge in [0.05, 0.1) is 5.52 Å². The summed E-state index contributed by atoms with van der Waals surface area (Å²) in [7, 11) is 0. The molecule has 100 valence electrons. The van der Waals surface area contributed by atoms with E-state index >= 15 is 0 Å². The summed E-state index contributed by atoms with van der Waals surface area (Å²) < 4.78 is 0. The first kappa shape index (κ1) is 12.2. The van der Waals surface area contributed by atoms with Gasteiger partial charge in [-0.25, -0.2) is 4.98 Å². The molecule has 0 spiro atoms. The molecule has 3 rings (SSSR count). The maximum atomic E-state index is 5.77. The van der Waals surface area contributed by atoms with Crippen LogP contribution in [0.25, 0.3) is 10.9 Å². The number of para-hydroxylation sites is 1. The van der Waals surface area contributed by atoms with Crippen LogP contribution in [-0.2, 0) is 0 Å². The fourth-order valence-corrected chi connectivity index (χ4v) is 2.98. The predicted molar refractivity (Wildman–Crippen MR) is 78.9 cm³/mol. The van der Waals surface area contributed by atoms with Crippen LogP contribution in [0.3, 0.4) is 0 Å². The molecule has 3 N–H and O–H groups in total. The highest BCUT2D eigenvalue weighted by Gasteiger charge is 2.21. The van der Waals surface area contributed by atoms with Crippen LogP contribution in [0.4, 0.5) is 11.8 Å². The standard InChI is InChI=1S/C15H20N4/c1-10-6-7-11(8-10)9-17-14-12-4-2-3-5-13(12)18-15(16)19-14/h2-5,10-11H,6-9H2,1H3,(H3,16,17,18,19). The molecule has 1 heterocycles. The van der Waals surface area contributed by atoms with Gasteiger partial charge in [0, 0.05) is 11.9 Å². The quantitative estimate of drug-likeness (QED) is 0.886. The molecular formula is C15H20N4. The minimum atomic E-state index is 0.334. The molecule has 4 heteroatoms. The van der Waals surface area contributed by atoms with Gasteiger partial charge in [-0.15, -0.1) is 0 Å². The van der Waals surface area contributed by atoms with Crippen molar-refractivity contribution in [2.45, 2.75) is 26.2 Å². The van der Waals surface area contributed by atoms with E-state index in [1.54, 1.807) is 0 Å². The zero-order valence-electron chi connectivity index (χ0n) is 11.3. The molecule has 0 bridgehead atoms. The number of aromatic nitrogens is 2. The van der Waals surface area contributed by atoms with Crippen molar-refractivity contribution in [2.75, 3.05) is 17.6 Å². The van der Waals surface area contributed by atoms with Gasteiger partial charge in [-0.1, -0.05) is 25.5 Å². The number of nitrogens with two attached hydrogens (primary N) is 1. The van der Waals surface area contributed by atoms with Crippen LogP contribution in [0, 0.1) is 11.8 Å². The van der Waals surface area contributed by atoms with E-state index in [2.05, 4.69) is 22.2 Å². The van der Waals surface area contributed by atoms with E-state index in [0.29, 0.717) is 5.95 Å². The van der Waals surface area contributed by atoms with Crippen molar-refractivity contribution < 1.29 is 0 Å². The summed E-state index contributed by atoms with van der Waals surface area (Å²) in [5, 5.41) is 4.50. The van der Waals surface area contributed by atoms with Crippen LogP contribution in [-0.4, -0.2) is 16.5 Å². The van der Waals surface area contributed by atoms with Gasteiger partial charge in [-0.2, -0.15) is 4.98 Å². The third kappa shape index (κ3) is 2.62. The molecule has 1 aliphatic carbocycles. The Morgan fingerprint density at radius 3 is 2.89 bits per heavy atom. The summed E-state index contributed by atoms with van der Waals surface area (Å²) in [6.45, 7) is 3.31. The van der Waals surface area contributed by atoms with Gasteiger partial charge in [0.1, 0.15) is 5.82 Å². The van der Waals surface area contributed by atoms with Crippen LogP contribution in [0.2, 0.25) is 0 Å². The first-order valence-electron chi connectivity index (χ1n) is 6.98. The highest BCUT2D eigenvalue weighted by Crippen LogP contribution is 2.31. The third-order valence-corrected chi connectivity index (χ3v) is 3.98. The number of nitrogen functional groups attached to an aromatic ring is 1. The molecule has 2 aromatic rings. The lowest BCUT2D eigenvalue weighted by Crippen LogP contribution is -2.13. The second-order valence-electron chi connectivity index (χ2n) is 5.61. The molecule has 0 radical (unpaired) electrons. The Bertz CT molecular complexity index is 581. The third-order valence-electron chi connectivity index (χ3n) is 3.98. The predicted octanol–water partition coefficient (Wildman–Crippen LogP) is 3.06. The Morgan fingerprint density at radius 1 is 1.26 bits per heavy atom. The normalized spacial score (nSPS) is 22.8. The highest BCUT2D eigenvalue weighted by atomic mass is 15.1. The zero-order chi connectivity index (χ0) is 13.2. The zero-order valence-corrected chi connectivity index (χ0v) is 11.3. The Balaban J connectivity index is 1.80. The van der Waals surface area contributed by atoms with E-state index in [9.17, 15) is 0 Å². The van der Waals surface area contributed by atoms with Crippen molar-refractivity contribution in [1.82, 2.24) is 9.97 Å². The average Bonchev–Trinajstić information content (AvgIpc) is 2.81. The minimum Gasteiger partial charge on any atom is -0.369 e. The maximum Gasteiger partial charge on any atom is 0.222 e. The molecule has 1 fully saturated rings. The van der Waals surface area contributed by atoms with E-state index in [1.165, 1.54) is 19.3 Å². The highest BCUT2D eigenvalue weighted by molar-refractivity contribution is 5.89. The van der Waals surface area contributed by atoms with Gasteiger partial charge >= 0.3 is 0 Å². The summed E-state index contributed by atoms with van der Waals surface area (Å²) in [5.74, 6) is 2.81. The summed E-state index contributed by atoms with van der Waals surface area (Å²) >= 11 is 0. The SMILES string of the molecule is CC1CCC(CNc2nc(N)nc3ccccc23)C1. The minimum absolute atomic E-state index is 0.334. The second kappa shape index (κ2) is 5.03. The van der Waals surface area contributed by atoms with Crippen molar-refractivity contribution in [3.8, 4) is 0 Å². The topological polar surface area (TPSA) is 63.8 Å². The van der Waals surface area contributed by atoms with Crippen molar-refractivity contribution >= 4 is 22.7 Å². The molecule has 1 saturated carbocycles. The number of nitrogens with one attached hydrogen (secondary N) is 1. The smallest absolute Gasteiger partial charge is 0.222 e. The van der Waals surface area contributed by atoms with E-state index in [4.69, 9.17) is 5.73 Å². The molecule has 0 aliphatic heterocycles. The number of anilines is 2. The average molecular weight is 256 g/mol. The number of fused-ring (bicyclic) bond motifs is 1. The van der Waals surface area contributed by atoms with Gasteiger partial charge in [-0.05, 0) is 36.8 Å². The Hall–Kier alpha value is -1.84. The van der Waals surface area contributed by atoms with Crippen molar-refractivity contribution in [1.29, 1.82) is 0 Å². The number of hydrogen-bond donors (Lipinski definition) is 2. The van der Waals surface area contributed by atoms with Gasteiger partial charge in [0.25, 0.3) is 0 Å². The van der Waals surface area contributed by atoms with E-state index in [0.717, 1.165) is 35.1 Å². The largest absolute Gasteiger partial charge is 0.369 e. The molecule has 1 aromatic carbocycles. The number of benzene rings is 1. The van der Waals surface area contributed by atoms with E-state index < -0.39 is 0 Å². The van der Waals surface area contributed by atoms with Gasteiger partial charge in [0.15, 0.2) is 0 Å². The second-order valence-corrected chi connectivity index (χ2v) is 5.61. The molecule has 2 unspecified atom stereocenters. The number of nitrogens with zero attached hydrogens (tertiary/aromatic N) is 2. The Kier molecular flexibility index (Phi) is 3.23. The van der Waals surface area contributed by atoms with Crippen molar-refractivity contribution in [3.63, 3.8) is 0 Å². The van der Waals surface area contributed by atoms with E-state index in [-0.39, 0.29) is 0 Å². The van der Waals surface area contributed by atoms with Crippen LogP contribution in [0.15, 0.2) is 24.3 Å². The van der Waals surface area contributed by atoms with Crippen LogP contribution < -0.4 is 11.1 Å². The molecule has 19 heavy (non-hydrogen) atoms. The summed E-state index contributed by atoms with van der Waals surface area (Å²) in [6, 6.07) is 7.98. The monoisotopic (exact) mass is 256 g/mol. The summed E-state index contributed by atoms with van der Waals surface area (Å²) in [6.07, 6.45) is 3.97. The van der Waals surface area contributed by atoms with Gasteiger partial charge < -0.3 is 11.1 Å². The van der Waals surface area contributed by atoms with Crippen LogP contribution >= 0.6 is 0 Å². The van der Waals surface area contributed by atoms with Crippen molar-refractivity contribution in [2.24, 2.45) is 11.8 Å². The number of hydrogen-bond acceptors (Lipinski definition) is 4. The maximum absolute atomic E-state index is 5.77. The van der Waals surface area contributed by atoms with E-state index in [1.807, 2.05) is 24.3 Å². The first-order valence-corrected chi connectivity index (χ1v) is 6.98. The van der Waals surface area contributed by atoms with Crippen molar-refractivity contribution in [3.05, 3.63) is 24.3 Å². The molecule has 0 saturated heterocycles. The Morgan fingerprint density at radius 2 is 2.11 bits per heavy atom.